The zero-order chi connectivity index (χ0) is 12.3. The van der Waals surface area contributed by atoms with E-state index in [0.717, 1.165) is 16.9 Å². The highest BCUT2D eigenvalue weighted by Crippen LogP contribution is 2.32. The van der Waals surface area contributed by atoms with Gasteiger partial charge in [-0.1, -0.05) is 26.0 Å². The van der Waals surface area contributed by atoms with E-state index >= 15 is 0 Å². The van der Waals surface area contributed by atoms with Gasteiger partial charge in [0.15, 0.2) is 0 Å². The summed E-state index contributed by atoms with van der Waals surface area (Å²) in [6.45, 7) is 5.97. The van der Waals surface area contributed by atoms with Crippen LogP contribution in [-0.2, 0) is 0 Å². The van der Waals surface area contributed by atoms with Gasteiger partial charge in [-0.15, -0.1) is 0 Å². The summed E-state index contributed by atoms with van der Waals surface area (Å²) in [5.41, 5.74) is 7.91. The van der Waals surface area contributed by atoms with Gasteiger partial charge in [0, 0.05) is 18.1 Å². The Morgan fingerprint density at radius 1 is 1.44 bits per heavy atom. The Labute approximate surface area is 97.2 Å². The van der Waals surface area contributed by atoms with Crippen LogP contribution in [0.25, 0.3) is 0 Å². The Morgan fingerprint density at radius 3 is 2.50 bits per heavy atom. The molecule has 0 aliphatic carbocycles. The topological polar surface area (TPSA) is 55.5 Å². The molecule has 0 aromatic heterocycles. The number of methoxy groups -OCH3 is 1. The van der Waals surface area contributed by atoms with Crippen molar-refractivity contribution < 1.29 is 9.84 Å². The van der Waals surface area contributed by atoms with Crippen molar-refractivity contribution in [2.45, 2.75) is 26.8 Å². The van der Waals surface area contributed by atoms with Gasteiger partial charge in [0.25, 0.3) is 0 Å². The molecular weight excluding hydrogens is 202 g/mol. The third-order valence-corrected chi connectivity index (χ3v) is 3.03. The molecule has 0 aliphatic heterocycles. The molecule has 0 heterocycles. The van der Waals surface area contributed by atoms with Gasteiger partial charge < -0.3 is 15.6 Å². The van der Waals surface area contributed by atoms with Crippen molar-refractivity contribution >= 4 is 0 Å². The van der Waals surface area contributed by atoms with Gasteiger partial charge in [0.05, 0.1) is 7.11 Å². The molecule has 0 amide bonds. The second kappa shape index (κ2) is 4.85. The summed E-state index contributed by atoms with van der Waals surface area (Å²) in [5, 5.41) is 9.29. The molecular formula is C13H21NO2. The van der Waals surface area contributed by atoms with E-state index in [0.29, 0.717) is 0 Å². The zero-order valence-corrected chi connectivity index (χ0v) is 10.4. The third kappa shape index (κ3) is 2.54. The Hall–Kier alpha value is -1.06. The minimum Gasteiger partial charge on any atom is -0.496 e. The maximum absolute atomic E-state index is 9.29. The zero-order valence-electron chi connectivity index (χ0n) is 10.4. The molecule has 1 atom stereocenters. The van der Waals surface area contributed by atoms with Crippen LogP contribution in [0.1, 0.15) is 31.0 Å². The van der Waals surface area contributed by atoms with Crippen molar-refractivity contribution in [3.63, 3.8) is 0 Å². The highest BCUT2D eigenvalue weighted by Gasteiger charge is 2.27. The smallest absolute Gasteiger partial charge is 0.121 e. The number of benzene rings is 1. The van der Waals surface area contributed by atoms with Crippen LogP contribution >= 0.6 is 0 Å². The van der Waals surface area contributed by atoms with Crippen molar-refractivity contribution in [1.82, 2.24) is 0 Å². The molecule has 16 heavy (non-hydrogen) atoms. The first-order valence-electron chi connectivity index (χ1n) is 5.43. The molecule has 0 saturated heterocycles. The van der Waals surface area contributed by atoms with Gasteiger partial charge >= 0.3 is 0 Å². The lowest BCUT2D eigenvalue weighted by Gasteiger charge is -2.30. The van der Waals surface area contributed by atoms with Crippen LogP contribution in [0, 0.1) is 12.3 Å². The number of hydrogen-bond donors (Lipinski definition) is 2. The lowest BCUT2D eigenvalue weighted by molar-refractivity contribution is 0.132. The van der Waals surface area contributed by atoms with E-state index < -0.39 is 0 Å². The van der Waals surface area contributed by atoms with Crippen LogP contribution in [0.3, 0.4) is 0 Å². The Kier molecular flexibility index (Phi) is 3.94. The van der Waals surface area contributed by atoms with Gasteiger partial charge in [-0.3, -0.25) is 0 Å². The van der Waals surface area contributed by atoms with Gasteiger partial charge in [-0.25, -0.2) is 0 Å². The molecule has 0 unspecified atom stereocenters. The molecule has 3 heteroatoms. The highest BCUT2D eigenvalue weighted by atomic mass is 16.5. The second-order valence-electron chi connectivity index (χ2n) is 4.85. The van der Waals surface area contributed by atoms with Crippen LogP contribution in [-0.4, -0.2) is 18.8 Å². The van der Waals surface area contributed by atoms with E-state index in [1.54, 1.807) is 7.11 Å². The maximum atomic E-state index is 9.29. The van der Waals surface area contributed by atoms with Crippen molar-refractivity contribution in [3.05, 3.63) is 29.3 Å². The van der Waals surface area contributed by atoms with Gasteiger partial charge in [0.1, 0.15) is 5.75 Å². The molecule has 0 spiro atoms. The molecule has 3 nitrogen and oxygen atoms in total. The summed E-state index contributed by atoms with van der Waals surface area (Å²) < 4.78 is 5.20. The molecule has 0 saturated carbocycles. The largest absolute Gasteiger partial charge is 0.496 e. The monoisotopic (exact) mass is 223 g/mol. The molecule has 1 aromatic rings. The summed E-state index contributed by atoms with van der Waals surface area (Å²) in [6, 6.07) is 5.70. The molecule has 0 radical (unpaired) electrons. The Bertz CT molecular complexity index is 361. The van der Waals surface area contributed by atoms with Crippen molar-refractivity contribution in [2.75, 3.05) is 13.7 Å². The Balaban J connectivity index is 3.02. The first-order valence-corrected chi connectivity index (χ1v) is 5.43. The minimum atomic E-state index is -0.318. The maximum Gasteiger partial charge on any atom is 0.121 e. The quantitative estimate of drug-likeness (QED) is 0.821. The molecule has 0 bridgehead atoms. The normalized spacial score (nSPS) is 13.6. The van der Waals surface area contributed by atoms with Crippen molar-refractivity contribution in [1.29, 1.82) is 0 Å². The minimum absolute atomic E-state index is 0.0687. The summed E-state index contributed by atoms with van der Waals surface area (Å²) in [4.78, 5) is 0. The number of aliphatic hydroxyl groups is 1. The van der Waals surface area contributed by atoms with E-state index in [2.05, 4.69) is 0 Å². The van der Waals surface area contributed by atoms with Crippen molar-refractivity contribution in [3.8, 4) is 5.75 Å². The van der Waals surface area contributed by atoms with Crippen LogP contribution in [0.5, 0.6) is 5.75 Å². The Morgan fingerprint density at radius 2 is 2.06 bits per heavy atom. The molecule has 90 valence electrons. The number of hydrogen-bond acceptors (Lipinski definition) is 3. The first-order chi connectivity index (χ1) is 7.42. The lowest BCUT2D eigenvalue weighted by atomic mass is 9.81. The fourth-order valence-electron chi connectivity index (χ4n) is 1.64. The summed E-state index contributed by atoms with van der Waals surface area (Å²) in [5.74, 6) is 0.859. The third-order valence-electron chi connectivity index (χ3n) is 3.03. The molecule has 1 aromatic carbocycles. The number of aliphatic hydroxyl groups excluding tert-OH is 1. The fourth-order valence-corrected chi connectivity index (χ4v) is 1.64. The summed E-state index contributed by atoms with van der Waals surface area (Å²) >= 11 is 0. The average molecular weight is 223 g/mol. The van der Waals surface area contributed by atoms with Crippen molar-refractivity contribution in [2.24, 2.45) is 11.1 Å². The van der Waals surface area contributed by atoms with Crippen LogP contribution in [0.2, 0.25) is 0 Å². The van der Waals surface area contributed by atoms with E-state index in [9.17, 15) is 5.11 Å². The van der Waals surface area contributed by atoms with E-state index in [-0.39, 0.29) is 18.1 Å². The number of nitrogens with two attached hydrogens (primary N) is 1. The molecule has 0 aliphatic rings. The molecule has 0 fully saturated rings. The first kappa shape index (κ1) is 13.0. The van der Waals surface area contributed by atoms with Crippen LogP contribution < -0.4 is 10.5 Å². The average Bonchev–Trinajstić information content (AvgIpc) is 2.27. The predicted octanol–water partition coefficient (Wildman–Crippen LogP) is 2.02. The molecule has 3 N–H and O–H groups in total. The lowest BCUT2D eigenvalue weighted by Crippen LogP contribution is -2.32. The number of ether oxygens (including phenoxy) is 1. The SMILES string of the molecule is COc1ccc([C@H](N)C(C)(C)CO)cc1C. The fraction of sp³-hybridized carbons (Fsp3) is 0.538. The van der Waals surface area contributed by atoms with E-state index in [1.807, 2.05) is 39.0 Å². The summed E-state index contributed by atoms with van der Waals surface area (Å²) in [6.07, 6.45) is 0. The molecule has 1 rings (SSSR count). The standard InChI is InChI=1S/C13H21NO2/c1-9-7-10(5-6-11(9)16-4)12(14)13(2,3)8-15/h5-7,12,15H,8,14H2,1-4H3/t12-/m0/s1. The van der Waals surface area contributed by atoms with Crippen LogP contribution in [0.15, 0.2) is 18.2 Å². The van der Waals surface area contributed by atoms with Gasteiger partial charge in [0.2, 0.25) is 0 Å². The van der Waals surface area contributed by atoms with E-state index in [4.69, 9.17) is 10.5 Å². The van der Waals surface area contributed by atoms with Crippen LogP contribution in [0.4, 0.5) is 0 Å². The second-order valence-corrected chi connectivity index (χ2v) is 4.85. The van der Waals surface area contributed by atoms with E-state index in [1.165, 1.54) is 0 Å². The number of aryl methyl sites for hydroxylation is 1. The highest BCUT2D eigenvalue weighted by molar-refractivity contribution is 5.37. The number of rotatable bonds is 4. The van der Waals surface area contributed by atoms with Gasteiger partial charge in [-0.2, -0.15) is 0 Å². The van der Waals surface area contributed by atoms with Gasteiger partial charge in [-0.05, 0) is 24.1 Å². The predicted molar refractivity (Wildman–Crippen MR) is 65.5 cm³/mol. The summed E-state index contributed by atoms with van der Waals surface area (Å²) in [7, 11) is 1.65.